The van der Waals surface area contributed by atoms with Gasteiger partial charge in [0.1, 0.15) is 29.7 Å². The Labute approximate surface area is 284 Å². The van der Waals surface area contributed by atoms with Crippen molar-refractivity contribution in [3.05, 3.63) is 23.9 Å². The number of fused-ring (bicyclic) bond motifs is 7. The summed E-state index contributed by atoms with van der Waals surface area (Å²) >= 11 is 0. The number of carbonyl (C=O) groups is 3. The number of alkyl halides is 3. The molecule has 49 heavy (non-hydrogen) atoms. The van der Waals surface area contributed by atoms with Gasteiger partial charge in [-0.3, -0.25) is 9.59 Å². The number of aryl methyl sites for hydroxylation is 1. The van der Waals surface area contributed by atoms with E-state index in [1.54, 1.807) is 6.07 Å². The molecule has 0 spiro atoms. The summed E-state index contributed by atoms with van der Waals surface area (Å²) in [6, 6.07) is 2.68. The van der Waals surface area contributed by atoms with E-state index in [1.807, 2.05) is 27.7 Å². The monoisotopic (exact) mass is 688 g/mol. The number of rotatable bonds is 4. The third kappa shape index (κ3) is 7.75. The van der Waals surface area contributed by atoms with Gasteiger partial charge in [-0.05, 0) is 80.8 Å². The number of benzene rings is 1. The molecule has 2 unspecified atom stereocenters. The van der Waals surface area contributed by atoms with E-state index in [0.29, 0.717) is 41.4 Å². The summed E-state index contributed by atoms with van der Waals surface area (Å²) in [5.74, 6) is 0.674. The van der Waals surface area contributed by atoms with Crippen LogP contribution in [0.5, 0.6) is 11.6 Å². The molecule has 10 nitrogen and oxygen atoms in total. The fourth-order valence-corrected chi connectivity index (χ4v) is 8.25. The molecule has 1 saturated heterocycles. The molecule has 8 atom stereocenters. The van der Waals surface area contributed by atoms with Gasteiger partial charge in [-0.2, -0.15) is 13.2 Å². The van der Waals surface area contributed by atoms with Crippen molar-refractivity contribution in [1.82, 2.24) is 20.2 Å². The Morgan fingerprint density at radius 1 is 1.02 bits per heavy atom. The van der Waals surface area contributed by atoms with Crippen molar-refractivity contribution in [3.63, 3.8) is 0 Å². The number of carbonyl (C=O) groups excluding carboxylic acids is 3. The lowest BCUT2D eigenvalue weighted by Gasteiger charge is -2.36. The number of alkyl carbamates (subject to hydrolysis) is 1. The van der Waals surface area contributed by atoms with Crippen molar-refractivity contribution in [1.29, 1.82) is 0 Å². The predicted octanol–water partition coefficient (Wildman–Crippen LogP) is 6.43. The Morgan fingerprint density at radius 3 is 2.49 bits per heavy atom. The molecule has 1 aromatic heterocycles. The Bertz CT molecular complexity index is 1580. The minimum atomic E-state index is -4.49. The van der Waals surface area contributed by atoms with Crippen LogP contribution in [0.2, 0.25) is 0 Å². The highest BCUT2D eigenvalue weighted by atomic mass is 19.4. The molecule has 4 aliphatic rings. The maximum absolute atomic E-state index is 14.4. The van der Waals surface area contributed by atoms with Crippen LogP contribution in [0, 0.1) is 29.1 Å². The number of aromatic nitrogens is 2. The number of hydrogen-bond acceptors (Lipinski definition) is 8. The molecule has 2 amide bonds. The normalized spacial score (nSPS) is 31.0. The zero-order valence-electron chi connectivity index (χ0n) is 28.8. The number of nitrogens with one attached hydrogen (secondary N) is 1. The van der Waals surface area contributed by atoms with Crippen LogP contribution in [0.25, 0.3) is 11.0 Å². The third-order valence-corrected chi connectivity index (χ3v) is 10.7. The summed E-state index contributed by atoms with van der Waals surface area (Å²) in [5.41, 5.74) is 0.722. The second-order valence-corrected chi connectivity index (χ2v) is 15.3. The summed E-state index contributed by atoms with van der Waals surface area (Å²) in [7, 11) is 0. The molecule has 6 rings (SSSR count). The molecule has 2 saturated carbocycles. The van der Waals surface area contributed by atoms with Gasteiger partial charge in [-0.1, -0.05) is 40.5 Å². The van der Waals surface area contributed by atoms with Crippen LogP contribution in [0.4, 0.5) is 18.0 Å². The molecule has 268 valence electrons. The first-order valence-electron chi connectivity index (χ1n) is 17.6. The molecular weight excluding hydrogens is 641 g/mol. The quantitative estimate of drug-likeness (QED) is 0.391. The molecule has 13 heteroatoms. The highest BCUT2D eigenvalue weighted by Gasteiger charge is 2.55. The molecule has 3 heterocycles. The second-order valence-electron chi connectivity index (χ2n) is 15.3. The number of Topliss-reactive ketones (excluding diaryl/α,β-unsaturated/α-hetero) is 1. The standard InChI is InChI=1S/C36H47F3N4O6/c1-6-22-29-17-43(30(22)19(2)44)33(45)31(35(3,4)5)42-34(46)49-28-15-20-14-24(20)23(28)10-8-7-9-11-26-32(48-29)41-27-16-21(12-13-25(27)40-26)47-18-36(37,38)39/h12-13,16,20,22-24,28-31H,6-11,14-15,17-18H2,1-5H3,(H,42,46)/t20?,22-,23-,24?,28-,29+,30-,31-/m1/s1. The lowest BCUT2D eigenvalue weighted by molar-refractivity contribution is -0.153. The predicted molar refractivity (Wildman–Crippen MR) is 174 cm³/mol. The number of amides is 2. The number of ketones is 1. The van der Waals surface area contributed by atoms with E-state index in [2.05, 4.69) is 5.32 Å². The van der Waals surface area contributed by atoms with E-state index in [-0.39, 0.29) is 41.9 Å². The summed E-state index contributed by atoms with van der Waals surface area (Å²) in [6.45, 7) is 7.61. The molecule has 2 aliphatic carbocycles. The molecule has 1 N–H and O–H groups in total. The first kappa shape index (κ1) is 35.2. The maximum atomic E-state index is 14.4. The minimum Gasteiger partial charge on any atom is -0.484 e. The molecule has 2 aromatic rings. The van der Waals surface area contributed by atoms with Crippen molar-refractivity contribution in [3.8, 4) is 11.6 Å². The average molecular weight is 689 g/mol. The summed E-state index contributed by atoms with van der Waals surface area (Å²) in [6.07, 6.45) is 0.737. The van der Waals surface area contributed by atoms with Crippen molar-refractivity contribution in [2.45, 2.75) is 116 Å². The first-order chi connectivity index (χ1) is 23.1. The largest absolute Gasteiger partial charge is 0.484 e. The van der Waals surface area contributed by atoms with Crippen LogP contribution < -0.4 is 14.8 Å². The van der Waals surface area contributed by atoms with Gasteiger partial charge in [0.05, 0.1) is 23.6 Å². The van der Waals surface area contributed by atoms with Crippen molar-refractivity contribution in [2.75, 3.05) is 13.2 Å². The third-order valence-electron chi connectivity index (χ3n) is 10.7. The van der Waals surface area contributed by atoms with E-state index in [4.69, 9.17) is 24.2 Å². The SMILES string of the molecule is CC[C@@H]1[C@@H]2CN(C(=O)[C@H](C(C)(C)C)NC(=O)O[C@@H]3CC4CC4[C@H]3CCCCCc3nc4ccc(OCC(F)(F)F)cc4nc3O2)[C@@H]1C(C)=O. The Kier molecular flexibility index (Phi) is 9.76. The molecule has 3 fully saturated rings. The summed E-state index contributed by atoms with van der Waals surface area (Å²) in [4.78, 5) is 52.0. The molecular formula is C36H47F3N4O6. The van der Waals surface area contributed by atoms with E-state index in [0.717, 1.165) is 38.5 Å². The molecule has 2 bridgehead atoms. The van der Waals surface area contributed by atoms with E-state index in [1.165, 1.54) is 24.0 Å². The molecule has 2 aliphatic heterocycles. The van der Waals surface area contributed by atoms with Gasteiger partial charge < -0.3 is 24.4 Å². The van der Waals surface area contributed by atoms with Crippen LogP contribution in [-0.4, -0.2) is 76.3 Å². The van der Waals surface area contributed by atoms with Crippen molar-refractivity contribution in [2.24, 2.45) is 29.1 Å². The topological polar surface area (TPSA) is 120 Å². The highest BCUT2D eigenvalue weighted by Crippen LogP contribution is 2.57. The summed E-state index contributed by atoms with van der Waals surface area (Å²) in [5, 5.41) is 2.88. The van der Waals surface area contributed by atoms with Crippen LogP contribution in [0.3, 0.4) is 0 Å². The highest BCUT2D eigenvalue weighted by molar-refractivity contribution is 5.92. The maximum Gasteiger partial charge on any atom is 0.422 e. The fraction of sp³-hybridized carbons (Fsp3) is 0.694. The van der Waals surface area contributed by atoms with Gasteiger partial charge in [0, 0.05) is 12.0 Å². The fourth-order valence-electron chi connectivity index (χ4n) is 8.25. The van der Waals surface area contributed by atoms with Gasteiger partial charge in [-0.15, -0.1) is 0 Å². The van der Waals surface area contributed by atoms with Crippen molar-refractivity contribution < 1.29 is 41.8 Å². The summed E-state index contributed by atoms with van der Waals surface area (Å²) < 4.78 is 56.2. The number of halogens is 3. The van der Waals surface area contributed by atoms with Crippen LogP contribution in [0.1, 0.15) is 85.3 Å². The second kappa shape index (κ2) is 13.6. The van der Waals surface area contributed by atoms with Gasteiger partial charge in [0.25, 0.3) is 0 Å². The Balaban J connectivity index is 1.36. The van der Waals surface area contributed by atoms with Crippen LogP contribution in [0.15, 0.2) is 18.2 Å². The van der Waals surface area contributed by atoms with E-state index in [9.17, 15) is 27.6 Å². The lowest BCUT2D eigenvalue weighted by Crippen LogP contribution is -2.57. The Hall–Kier alpha value is -3.64. The zero-order valence-corrected chi connectivity index (χ0v) is 28.8. The average Bonchev–Trinajstić information content (AvgIpc) is 3.55. The van der Waals surface area contributed by atoms with Crippen LogP contribution in [-0.2, 0) is 20.7 Å². The van der Waals surface area contributed by atoms with E-state index < -0.39 is 48.4 Å². The zero-order chi connectivity index (χ0) is 35.2. The van der Waals surface area contributed by atoms with Gasteiger partial charge in [-0.25, -0.2) is 14.8 Å². The van der Waals surface area contributed by atoms with Gasteiger partial charge >= 0.3 is 12.3 Å². The lowest BCUT2D eigenvalue weighted by atomic mass is 9.85. The molecule has 0 radical (unpaired) electrons. The number of ether oxygens (including phenoxy) is 3. The number of hydrogen-bond donors (Lipinski definition) is 1. The molecule has 1 aromatic carbocycles. The van der Waals surface area contributed by atoms with E-state index >= 15 is 0 Å². The smallest absolute Gasteiger partial charge is 0.422 e. The van der Waals surface area contributed by atoms with Gasteiger partial charge in [0.15, 0.2) is 12.4 Å². The first-order valence-corrected chi connectivity index (χ1v) is 17.6. The van der Waals surface area contributed by atoms with Gasteiger partial charge in [0.2, 0.25) is 11.8 Å². The van der Waals surface area contributed by atoms with Crippen LogP contribution >= 0.6 is 0 Å². The minimum absolute atomic E-state index is 0.00218. The van der Waals surface area contributed by atoms with Crippen molar-refractivity contribution >= 4 is 28.8 Å². The Morgan fingerprint density at radius 2 is 1.80 bits per heavy atom. The number of nitrogens with zero attached hydrogens (tertiary/aromatic N) is 3.